The number of nitrogens with one attached hydrogen (secondary N) is 2. The van der Waals surface area contributed by atoms with Gasteiger partial charge in [-0.25, -0.2) is 4.79 Å². The number of thiocarbonyl (C=S) groups is 1. The van der Waals surface area contributed by atoms with Crippen molar-refractivity contribution < 1.29 is 23.9 Å². The van der Waals surface area contributed by atoms with Crippen LogP contribution >= 0.6 is 12.2 Å². The van der Waals surface area contributed by atoms with E-state index in [2.05, 4.69) is 20.1 Å². The Morgan fingerprint density at radius 1 is 1.05 bits per heavy atom. The average molecular weight is 324 g/mol. The topological polar surface area (TPSA) is 93.7 Å². The summed E-state index contributed by atoms with van der Waals surface area (Å²) < 4.78 is 9.02. The SMILES string of the molecule is COC(=O)CCC(=O)NC(=S)Nc1ccc(C(=O)OC)cc1. The van der Waals surface area contributed by atoms with Gasteiger partial charge in [0.1, 0.15) is 0 Å². The van der Waals surface area contributed by atoms with E-state index in [9.17, 15) is 14.4 Å². The maximum Gasteiger partial charge on any atom is 0.337 e. The Balaban J connectivity index is 2.46. The van der Waals surface area contributed by atoms with Gasteiger partial charge in [-0.1, -0.05) is 0 Å². The van der Waals surface area contributed by atoms with Crippen molar-refractivity contribution in [2.45, 2.75) is 12.8 Å². The Morgan fingerprint density at radius 2 is 1.68 bits per heavy atom. The number of methoxy groups -OCH3 is 2. The third-order valence-corrected chi connectivity index (χ3v) is 2.80. The molecule has 0 aliphatic rings. The molecule has 0 aliphatic heterocycles. The van der Waals surface area contributed by atoms with Crippen LogP contribution in [0.25, 0.3) is 0 Å². The van der Waals surface area contributed by atoms with E-state index < -0.39 is 17.8 Å². The number of benzene rings is 1. The fraction of sp³-hybridized carbons (Fsp3) is 0.286. The molecule has 0 saturated heterocycles. The van der Waals surface area contributed by atoms with Crippen molar-refractivity contribution in [3.8, 4) is 0 Å². The first kappa shape index (κ1) is 17.6. The third kappa shape index (κ3) is 5.88. The molecule has 0 aliphatic carbocycles. The Labute approximate surface area is 133 Å². The van der Waals surface area contributed by atoms with Crippen LogP contribution in [0.15, 0.2) is 24.3 Å². The third-order valence-electron chi connectivity index (χ3n) is 2.60. The molecule has 7 nitrogen and oxygen atoms in total. The van der Waals surface area contributed by atoms with Gasteiger partial charge < -0.3 is 20.1 Å². The van der Waals surface area contributed by atoms with E-state index in [0.717, 1.165) is 0 Å². The van der Waals surface area contributed by atoms with Crippen LogP contribution in [-0.2, 0) is 19.1 Å². The molecule has 0 radical (unpaired) electrons. The molecule has 0 unspecified atom stereocenters. The Bertz CT molecular complexity index is 571. The quantitative estimate of drug-likeness (QED) is 0.621. The summed E-state index contributed by atoms with van der Waals surface area (Å²) in [6.45, 7) is 0. The van der Waals surface area contributed by atoms with Crippen molar-refractivity contribution in [1.82, 2.24) is 5.32 Å². The standard InChI is InChI=1S/C14H16N2O5S/c1-20-12(18)8-7-11(17)16-14(22)15-10-5-3-9(4-6-10)13(19)21-2/h3-6H,7-8H2,1-2H3,(H2,15,16,17,22). The summed E-state index contributed by atoms with van der Waals surface area (Å²) in [6.07, 6.45) is -0.0332. The van der Waals surface area contributed by atoms with E-state index in [4.69, 9.17) is 12.2 Å². The van der Waals surface area contributed by atoms with Gasteiger partial charge in [0.25, 0.3) is 0 Å². The lowest BCUT2D eigenvalue weighted by atomic mass is 10.2. The molecular formula is C14H16N2O5S. The second kappa shape index (κ2) is 8.73. The summed E-state index contributed by atoms with van der Waals surface area (Å²) >= 11 is 4.98. The lowest BCUT2D eigenvalue weighted by molar-refractivity contribution is -0.142. The minimum Gasteiger partial charge on any atom is -0.469 e. The number of amides is 1. The second-order valence-corrected chi connectivity index (χ2v) is 4.56. The highest BCUT2D eigenvalue weighted by Gasteiger charge is 2.09. The molecule has 0 fully saturated rings. The number of rotatable bonds is 5. The summed E-state index contributed by atoms with van der Waals surface area (Å²) in [5.41, 5.74) is 1.01. The van der Waals surface area contributed by atoms with Crippen LogP contribution in [0.3, 0.4) is 0 Å². The molecule has 1 rings (SSSR count). The van der Waals surface area contributed by atoms with Crippen LogP contribution in [0.5, 0.6) is 0 Å². The zero-order chi connectivity index (χ0) is 16.5. The highest BCUT2D eigenvalue weighted by atomic mass is 32.1. The van der Waals surface area contributed by atoms with Gasteiger partial charge in [0.2, 0.25) is 5.91 Å². The first-order chi connectivity index (χ1) is 10.5. The lowest BCUT2D eigenvalue weighted by Gasteiger charge is -2.09. The molecule has 0 bridgehead atoms. The van der Waals surface area contributed by atoms with Gasteiger partial charge >= 0.3 is 11.9 Å². The monoisotopic (exact) mass is 324 g/mol. The van der Waals surface area contributed by atoms with Crippen LogP contribution < -0.4 is 10.6 Å². The molecule has 118 valence electrons. The molecule has 1 aromatic rings. The number of anilines is 1. The van der Waals surface area contributed by atoms with Crippen LogP contribution in [-0.4, -0.2) is 37.2 Å². The fourth-order valence-corrected chi connectivity index (χ4v) is 1.71. The summed E-state index contributed by atoms with van der Waals surface area (Å²) in [5.74, 6) is -1.30. The maximum atomic E-state index is 11.5. The van der Waals surface area contributed by atoms with Gasteiger partial charge in [-0.15, -0.1) is 0 Å². The molecule has 1 aromatic carbocycles. The molecule has 0 aromatic heterocycles. The second-order valence-electron chi connectivity index (χ2n) is 4.15. The van der Waals surface area contributed by atoms with E-state index in [0.29, 0.717) is 11.3 Å². The van der Waals surface area contributed by atoms with Crippen LogP contribution in [0.4, 0.5) is 5.69 Å². The van der Waals surface area contributed by atoms with Crippen LogP contribution in [0.1, 0.15) is 23.2 Å². The first-order valence-electron chi connectivity index (χ1n) is 6.32. The summed E-state index contributed by atoms with van der Waals surface area (Å²) in [5, 5.41) is 5.33. The molecule has 0 saturated carbocycles. The number of carbonyl (C=O) groups excluding carboxylic acids is 3. The van der Waals surface area contributed by atoms with E-state index in [1.165, 1.54) is 14.2 Å². The molecule has 0 heterocycles. The van der Waals surface area contributed by atoms with Crippen molar-refractivity contribution in [2.75, 3.05) is 19.5 Å². The number of carbonyl (C=O) groups is 3. The van der Waals surface area contributed by atoms with Crippen molar-refractivity contribution in [1.29, 1.82) is 0 Å². The summed E-state index contributed by atoms with van der Waals surface area (Å²) in [4.78, 5) is 33.7. The Kier molecular flexibility index (Phi) is 6.97. The molecule has 1 amide bonds. The highest BCUT2D eigenvalue weighted by Crippen LogP contribution is 2.10. The maximum absolute atomic E-state index is 11.5. The fourth-order valence-electron chi connectivity index (χ4n) is 1.48. The largest absolute Gasteiger partial charge is 0.469 e. The molecular weight excluding hydrogens is 308 g/mol. The predicted octanol–water partition coefficient (Wildman–Crippen LogP) is 1.24. The average Bonchev–Trinajstić information content (AvgIpc) is 2.52. The molecule has 2 N–H and O–H groups in total. The minimum atomic E-state index is -0.465. The van der Waals surface area contributed by atoms with Crippen LogP contribution in [0, 0.1) is 0 Å². The highest BCUT2D eigenvalue weighted by molar-refractivity contribution is 7.80. The Hall–Kier alpha value is -2.48. The van der Waals surface area contributed by atoms with Gasteiger partial charge in [-0.2, -0.15) is 0 Å². The molecule has 8 heteroatoms. The Morgan fingerprint density at radius 3 is 2.23 bits per heavy atom. The molecule has 22 heavy (non-hydrogen) atoms. The van der Waals surface area contributed by atoms with Crippen molar-refractivity contribution in [3.05, 3.63) is 29.8 Å². The zero-order valence-corrected chi connectivity index (χ0v) is 13.0. The van der Waals surface area contributed by atoms with Crippen LogP contribution in [0.2, 0.25) is 0 Å². The van der Waals surface area contributed by atoms with Gasteiger partial charge in [0.05, 0.1) is 26.2 Å². The van der Waals surface area contributed by atoms with Gasteiger partial charge in [-0.3, -0.25) is 9.59 Å². The number of hydrogen-bond donors (Lipinski definition) is 2. The van der Waals surface area contributed by atoms with E-state index in [-0.39, 0.29) is 18.0 Å². The lowest BCUT2D eigenvalue weighted by Crippen LogP contribution is -2.34. The summed E-state index contributed by atoms with van der Waals surface area (Å²) in [7, 11) is 2.55. The predicted molar refractivity (Wildman–Crippen MR) is 83.4 cm³/mol. The van der Waals surface area contributed by atoms with Crippen molar-refractivity contribution >= 4 is 40.9 Å². The van der Waals surface area contributed by atoms with Gasteiger partial charge in [0.15, 0.2) is 5.11 Å². The normalized spacial score (nSPS) is 9.55. The number of ether oxygens (including phenoxy) is 2. The van der Waals surface area contributed by atoms with E-state index in [1.54, 1.807) is 24.3 Å². The molecule has 0 spiro atoms. The van der Waals surface area contributed by atoms with Gasteiger partial charge in [-0.05, 0) is 36.5 Å². The number of esters is 2. The van der Waals surface area contributed by atoms with Crippen molar-refractivity contribution in [2.24, 2.45) is 0 Å². The van der Waals surface area contributed by atoms with Gasteiger partial charge in [0, 0.05) is 12.1 Å². The molecule has 0 atom stereocenters. The minimum absolute atomic E-state index is 0.0151. The smallest absolute Gasteiger partial charge is 0.337 e. The van der Waals surface area contributed by atoms with Crippen molar-refractivity contribution in [3.63, 3.8) is 0 Å². The zero-order valence-electron chi connectivity index (χ0n) is 12.2. The summed E-state index contributed by atoms with van der Waals surface area (Å²) in [6, 6.07) is 6.38. The van der Waals surface area contributed by atoms with E-state index in [1.807, 2.05) is 0 Å². The van der Waals surface area contributed by atoms with E-state index >= 15 is 0 Å². The number of hydrogen-bond acceptors (Lipinski definition) is 6. The first-order valence-corrected chi connectivity index (χ1v) is 6.73.